The Bertz CT molecular complexity index is 1150. The van der Waals surface area contributed by atoms with Crippen molar-refractivity contribution in [1.29, 1.82) is 0 Å². The molecular weight excluding hydrogens is 400 g/mol. The number of carbonyl (C=O) groups excluding carboxylic acids is 1. The largest absolute Gasteiger partial charge is 0.480 e. The number of aromatic nitrogens is 5. The lowest BCUT2D eigenvalue weighted by Gasteiger charge is -2.20. The molecule has 4 rings (SSSR count). The first kappa shape index (κ1) is 20.5. The highest BCUT2D eigenvalue weighted by atomic mass is 16.5. The third-order valence-electron chi connectivity index (χ3n) is 5.14. The lowest BCUT2D eigenvalue weighted by Crippen LogP contribution is -2.34. The Balaban J connectivity index is 1.72. The maximum atomic E-state index is 13.1. The Morgan fingerprint density at radius 3 is 2.68 bits per heavy atom. The minimum absolute atomic E-state index is 0.0859. The van der Waals surface area contributed by atoms with E-state index in [-0.39, 0.29) is 22.9 Å². The van der Waals surface area contributed by atoms with Gasteiger partial charge < -0.3 is 14.8 Å². The van der Waals surface area contributed by atoms with Crippen molar-refractivity contribution in [3.8, 4) is 23.0 Å². The van der Waals surface area contributed by atoms with Crippen LogP contribution in [0.15, 0.2) is 41.5 Å². The molecule has 0 radical (unpaired) electrons. The SMILES string of the molecule is COc1cc(C(=O)NC2CCCCn3c2nc(-c2ccncc2)cc3=O)c(OC)nn1. The number of methoxy groups -OCH3 is 2. The van der Waals surface area contributed by atoms with E-state index >= 15 is 0 Å². The Kier molecular flexibility index (Phi) is 5.87. The smallest absolute Gasteiger partial charge is 0.257 e. The van der Waals surface area contributed by atoms with Crippen LogP contribution in [0.4, 0.5) is 0 Å². The number of pyridine rings is 1. The molecule has 3 aromatic rings. The number of nitrogens with zero attached hydrogens (tertiary/aromatic N) is 5. The third-order valence-corrected chi connectivity index (χ3v) is 5.14. The van der Waals surface area contributed by atoms with Crippen LogP contribution in [-0.4, -0.2) is 44.9 Å². The van der Waals surface area contributed by atoms with Crippen LogP contribution in [0.2, 0.25) is 0 Å². The van der Waals surface area contributed by atoms with E-state index in [1.807, 2.05) is 0 Å². The number of nitrogens with one attached hydrogen (secondary N) is 1. The molecule has 0 saturated heterocycles. The predicted octanol–water partition coefficient (Wildman–Crippen LogP) is 1.77. The quantitative estimate of drug-likeness (QED) is 0.660. The van der Waals surface area contributed by atoms with Crippen LogP contribution < -0.4 is 20.3 Å². The molecular formula is C21H22N6O4. The lowest BCUT2D eigenvalue weighted by atomic mass is 10.1. The van der Waals surface area contributed by atoms with Crippen molar-refractivity contribution >= 4 is 5.91 Å². The van der Waals surface area contributed by atoms with E-state index in [2.05, 4.69) is 20.5 Å². The van der Waals surface area contributed by atoms with Crippen LogP contribution in [0.1, 0.15) is 41.5 Å². The highest BCUT2D eigenvalue weighted by molar-refractivity contribution is 5.96. The molecule has 160 valence electrons. The third kappa shape index (κ3) is 4.23. The van der Waals surface area contributed by atoms with Crippen molar-refractivity contribution in [3.63, 3.8) is 0 Å². The van der Waals surface area contributed by atoms with Crippen LogP contribution >= 0.6 is 0 Å². The minimum atomic E-state index is -0.451. The van der Waals surface area contributed by atoms with E-state index < -0.39 is 11.9 Å². The second-order valence-corrected chi connectivity index (χ2v) is 7.06. The van der Waals surface area contributed by atoms with Gasteiger partial charge in [0.15, 0.2) is 0 Å². The normalized spacial score (nSPS) is 15.5. The summed E-state index contributed by atoms with van der Waals surface area (Å²) in [5, 5.41) is 10.7. The zero-order valence-corrected chi connectivity index (χ0v) is 17.2. The summed E-state index contributed by atoms with van der Waals surface area (Å²) in [6.45, 7) is 0.554. The lowest BCUT2D eigenvalue weighted by molar-refractivity contribution is 0.0927. The summed E-state index contributed by atoms with van der Waals surface area (Å²) in [6, 6.07) is 6.12. The molecule has 0 aliphatic carbocycles. The van der Waals surface area contributed by atoms with Gasteiger partial charge in [-0.2, -0.15) is 0 Å². The molecule has 10 heteroatoms. The zero-order valence-electron chi connectivity index (χ0n) is 17.2. The number of fused-ring (bicyclic) bond motifs is 1. The number of ether oxygens (including phenoxy) is 2. The van der Waals surface area contributed by atoms with Crippen molar-refractivity contribution in [2.24, 2.45) is 0 Å². The monoisotopic (exact) mass is 422 g/mol. The Labute approximate surface area is 178 Å². The van der Waals surface area contributed by atoms with Crippen LogP contribution in [0.25, 0.3) is 11.3 Å². The van der Waals surface area contributed by atoms with Gasteiger partial charge in [0.25, 0.3) is 11.5 Å². The molecule has 1 N–H and O–H groups in total. The van der Waals surface area contributed by atoms with Crippen LogP contribution in [-0.2, 0) is 6.54 Å². The second-order valence-electron chi connectivity index (χ2n) is 7.06. The molecule has 3 aromatic heterocycles. The van der Waals surface area contributed by atoms with E-state index in [0.717, 1.165) is 18.4 Å². The Morgan fingerprint density at radius 2 is 1.94 bits per heavy atom. The highest BCUT2D eigenvalue weighted by Gasteiger charge is 2.26. The zero-order chi connectivity index (χ0) is 21.8. The van der Waals surface area contributed by atoms with Crippen molar-refractivity contribution < 1.29 is 14.3 Å². The number of amides is 1. The summed E-state index contributed by atoms with van der Waals surface area (Å²) >= 11 is 0. The van der Waals surface area contributed by atoms with E-state index in [4.69, 9.17) is 14.5 Å². The summed E-state index contributed by atoms with van der Waals surface area (Å²) in [7, 11) is 2.85. The molecule has 10 nitrogen and oxygen atoms in total. The molecule has 0 spiro atoms. The molecule has 1 atom stereocenters. The van der Waals surface area contributed by atoms with E-state index in [1.54, 1.807) is 29.1 Å². The number of hydrogen-bond donors (Lipinski definition) is 1. The highest BCUT2D eigenvalue weighted by Crippen LogP contribution is 2.26. The Morgan fingerprint density at radius 1 is 1.13 bits per heavy atom. The predicted molar refractivity (Wildman–Crippen MR) is 111 cm³/mol. The first-order valence-electron chi connectivity index (χ1n) is 9.89. The average Bonchev–Trinajstić information content (AvgIpc) is 3.01. The van der Waals surface area contributed by atoms with Crippen molar-refractivity contribution in [1.82, 2.24) is 30.0 Å². The maximum Gasteiger partial charge on any atom is 0.257 e. The van der Waals surface area contributed by atoms with Gasteiger partial charge in [-0.15, -0.1) is 10.2 Å². The first-order valence-corrected chi connectivity index (χ1v) is 9.89. The number of rotatable bonds is 5. The molecule has 1 unspecified atom stereocenters. The second kappa shape index (κ2) is 8.90. The fourth-order valence-electron chi connectivity index (χ4n) is 3.58. The van der Waals surface area contributed by atoms with Gasteiger partial charge in [0.1, 0.15) is 11.4 Å². The van der Waals surface area contributed by atoms with Gasteiger partial charge in [0, 0.05) is 36.6 Å². The maximum absolute atomic E-state index is 13.1. The van der Waals surface area contributed by atoms with Crippen LogP contribution in [0.3, 0.4) is 0 Å². The summed E-state index contributed by atoms with van der Waals surface area (Å²) in [6.07, 6.45) is 5.61. The first-order chi connectivity index (χ1) is 15.1. The van der Waals surface area contributed by atoms with Crippen LogP contribution in [0.5, 0.6) is 11.8 Å². The molecule has 4 heterocycles. The van der Waals surface area contributed by atoms with Gasteiger partial charge in [-0.1, -0.05) is 0 Å². The molecule has 0 aromatic carbocycles. The van der Waals surface area contributed by atoms with Crippen molar-refractivity contribution in [2.45, 2.75) is 31.8 Å². The van der Waals surface area contributed by atoms with E-state index in [9.17, 15) is 9.59 Å². The van der Waals surface area contributed by atoms with E-state index in [1.165, 1.54) is 26.4 Å². The van der Waals surface area contributed by atoms with Gasteiger partial charge in [-0.25, -0.2) is 4.98 Å². The fourth-order valence-corrected chi connectivity index (χ4v) is 3.58. The molecule has 0 fully saturated rings. The van der Waals surface area contributed by atoms with E-state index in [0.29, 0.717) is 24.5 Å². The van der Waals surface area contributed by atoms with Gasteiger partial charge >= 0.3 is 0 Å². The fraction of sp³-hybridized carbons (Fsp3) is 0.333. The van der Waals surface area contributed by atoms with Gasteiger partial charge in [0.05, 0.1) is 26.0 Å². The molecule has 1 aliphatic heterocycles. The van der Waals surface area contributed by atoms with Gasteiger partial charge in [-0.3, -0.25) is 19.1 Å². The van der Waals surface area contributed by atoms with Gasteiger partial charge in [-0.05, 0) is 31.4 Å². The molecule has 0 saturated carbocycles. The van der Waals surface area contributed by atoms with Crippen LogP contribution in [0, 0.1) is 0 Å². The molecule has 1 aliphatic rings. The minimum Gasteiger partial charge on any atom is -0.480 e. The number of carbonyl (C=O) groups is 1. The summed E-state index contributed by atoms with van der Waals surface area (Å²) in [5.74, 6) is 0.398. The van der Waals surface area contributed by atoms with Gasteiger partial charge in [0.2, 0.25) is 11.8 Å². The number of hydrogen-bond acceptors (Lipinski definition) is 8. The summed E-state index contributed by atoms with van der Waals surface area (Å²) in [5.41, 5.74) is 1.37. The standard InChI is InChI=1S/C21H22N6O4/c1-30-17-11-14(21(31-2)26-25-17)20(29)24-15-5-3-4-10-27-18(28)12-16(23-19(15)27)13-6-8-22-9-7-13/h6-9,11-12,15H,3-5,10H2,1-2H3,(H,24,29). The average molecular weight is 422 g/mol. The Hall–Kier alpha value is -3.82. The van der Waals surface area contributed by atoms with Crippen molar-refractivity contribution in [3.05, 3.63) is 58.4 Å². The summed E-state index contributed by atoms with van der Waals surface area (Å²) < 4.78 is 11.9. The summed E-state index contributed by atoms with van der Waals surface area (Å²) in [4.78, 5) is 34.7. The molecule has 0 bridgehead atoms. The van der Waals surface area contributed by atoms with Crippen molar-refractivity contribution in [2.75, 3.05) is 14.2 Å². The topological polar surface area (TPSA) is 121 Å². The molecule has 1 amide bonds. The molecule has 31 heavy (non-hydrogen) atoms.